The third-order valence-electron chi connectivity index (χ3n) is 5.86. The molecule has 0 unspecified atom stereocenters. The molecule has 0 spiro atoms. The molecule has 0 saturated heterocycles. The predicted molar refractivity (Wildman–Crippen MR) is 130 cm³/mol. The summed E-state index contributed by atoms with van der Waals surface area (Å²) in [5.74, 6) is 0. The van der Waals surface area contributed by atoms with E-state index in [9.17, 15) is 4.79 Å². The quantitative estimate of drug-likeness (QED) is 0.330. The third-order valence-corrected chi connectivity index (χ3v) is 6.75. The third kappa shape index (κ3) is 2.95. The summed E-state index contributed by atoms with van der Waals surface area (Å²) in [6, 6.07) is 29.0. The molecule has 0 aliphatic carbocycles. The summed E-state index contributed by atoms with van der Waals surface area (Å²) in [7, 11) is 0. The van der Waals surface area contributed by atoms with Gasteiger partial charge in [-0.2, -0.15) is 0 Å². The van der Waals surface area contributed by atoms with Crippen molar-refractivity contribution in [3.8, 4) is 11.1 Å². The Bertz CT molecular complexity index is 1630. The van der Waals surface area contributed by atoms with Gasteiger partial charge in [-0.3, -0.25) is 9.36 Å². The smallest absolute Gasteiger partial charge is 0.263 e. The number of nitrogens with zero attached hydrogens (tertiary/aromatic N) is 2. The van der Waals surface area contributed by atoms with Gasteiger partial charge in [0.15, 0.2) is 0 Å². The molecule has 4 heteroatoms. The molecule has 6 aromatic rings. The van der Waals surface area contributed by atoms with E-state index in [2.05, 4.69) is 58.9 Å². The lowest BCUT2D eigenvalue weighted by Gasteiger charge is -2.10. The molecule has 0 aliphatic rings. The normalized spacial score (nSPS) is 11.5. The van der Waals surface area contributed by atoms with Gasteiger partial charge < -0.3 is 0 Å². The topological polar surface area (TPSA) is 34.9 Å². The second kappa shape index (κ2) is 7.18. The van der Waals surface area contributed by atoms with Gasteiger partial charge in [0.2, 0.25) is 0 Å². The maximum absolute atomic E-state index is 13.6. The molecule has 0 saturated carbocycles. The first-order valence-corrected chi connectivity index (χ1v) is 11.1. The fraction of sp³-hybridized carbons (Fsp3) is 0.0370. The number of rotatable bonds is 3. The molecule has 2 aromatic heterocycles. The maximum atomic E-state index is 13.6. The standard InChI is InChI=1S/C27H18N2OS/c30-27-25-24(23-14-6-10-19-8-2-4-13-22(19)23)16-31-26(25)28-17-29(27)15-20-11-5-9-18-7-1-3-12-21(18)20/h1-14,16-17H,15H2. The predicted octanol–water partition coefficient (Wildman–Crippen LogP) is 6.48. The summed E-state index contributed by atoms with van der Waals surface area (Å²) in [6.45, 7) is 0.494. The monoisotopic (exact) mass is 418 g/mol. The van der Waals surface area contributed by atoms with Crippen LogP contribution in [-0.4, -0.2) is 9.55 Å². The summed E-state index contributed by atoms with van der Waals surface area (Å²) in [5.41, 5.74) is 3.15. The molecule has 0 aliphatic heterocycles. The van der Waals surface area contributed by atoms with Gasteiger partial charge in [-0.15, -0.1) is 11.3 Å². The van der Waals surface area contributed by atoms with E-state index >= 15 is 0 Å². The average molecular weight is 419 g/mol. The summed E-state index contributed by atoms with van der Waals surface area (Å²) in [5, 5.41) is 7.41. The van der Waals surface area contributed by atoms with E-state index in [1.54, 1.807) is 10.9 Å². The number of hydrogen-bond donors (Lipinski definition) is 0. The number of aromatic nitrogens is 2. The largest absolute Gasteiger partial charge is 0.294 e. The minimum absolute atomic E-state index is 0.00196. The van der Waals surface area contributed by atoms with Crippen molar-refractivity contribution in [1.82, 2.24) is 9.55 Å². The summed E-state index contributed by atoms with van der Waals surface area (Å²) in [4.78, 5) is 19.0. The number of fused-ring (bicyclic) bond motifs is 3. The molecule has 148 valence electrons. The number of thiophene rings is 1. The highest BCUT2D eigenvalue weighted by molar-refractivity contribution is 7.17. The lowest BCUT2D eigenvalue weighted by molar-refractivity contribution is 0.754. The van der Waals surface area contributed by atoms with E-state index in [1.807, 2.05) is 36.4 Å². The molecule has 0 bridgehead atoms. The summed E-state index contributed by atoms with van der Waals surface area (Å²) >= 11 is 1.52. The molecule has 6 rings (SSSR count). The molecule has 0 radical (unpaired) electrons. The lowest BCUT2D eigenvalue weighted by atomic mass is 9.99. The molecule has 0 N–H and O–H groups in total. The molecule has 0 amide bonds. The number of benzene rings is 4. The van der Waals surface area contributed by atoms with Crippen LogP contribution in [0.5, 0.6) is 0 Å². The first-order chi connectivity index (χ1) is 15.3. The van der Waals surface area contributed by atoms with Crippen molar-refractivity contribution in [2.24, 2.45) is 0 Å². The first-order valence-electron chi connectivity index (χ1n) is 10.2. The molecular weight excluding hydrogens is 400 g/mol. The van der Waals surface area contributed by atoms with Gasteiger partial charge in [-0.05, 0) is 32.7 Å². The molecule has 31 heavy (non-hydrogen) atoms. The Labute approximate surface area is 182 Å². The fourth-order valence-electron chi connectivity index (χ4n) is 4.35. The van der Waals surface area contributed by atoms with Gasteiger partial charge in [0.05, 0.1) is 18.3 Å². The minimum atomic E-state index is 0.00196. The zero-order chi connectivity index (χ0) is 20.8. The van der Waals surface area contributed by atoms with Crippen LogP contribution in [-0.2, 0) is 6.54 Å². The highest BCUT2D eigenvalue weighted by Crippen LogP contribution is 2.35. The Morgan fingerprint density at radius 1 is 0.742 bits per heavy atom. The van der Waals surface area contributed by atoms with Crippen LogP contribution in [0.1, 0.15) is 5.56 Å². The van der Waals surface area contributed by atoms with Crippen molar-refractivity contribution >= 4 is 43.1 Å². The van der Waals surface area contributed by atoms with Crippen molar-refractivity contribution in [2.75, 3.05) is 0 Å². The van der Waals surface area contributed by atoms with E-state index in [1.165, 1.54) is 22.1 Å². The van der Waals surface area contributed by atoms with Gasteiger partial charge in [-0.1, -0.05) is 84.9 Å². The van der Waals surface area contributed by atoms with Crippen molar-refractivity contribution < 1.29 is 0 Å². The molecule has 2 heterocycles. The van der Waals surface area contributed by atoms with Crippen LogP contribution in [0.3, 0.4) is 0 Å². The zero-order valence-electron chi connectivity index (χ0n) is 16.7. The van der Waals surface area contributed by atoms with E-state index in [4.69, 9.17) is 0 Å². The first kappa shape index (κ1) is 18.0. The van der Waals surface area contributed by atoms with Crippen molar-refractivity contribution in [3.05, 3.63) is 113 Å². The molecule has 4 aromatic carbocycles. The van der Waals surface area contributed by atoms with Crippen LogP contribution in [0, 0.1) is 0 Å². The van der Waals surface area contributed by atoms with Crippen LogP contribution in [0.25, 0.3) is 42.9 Å². The zero-order valence-corrected chi connectivity index (χ0v) is 17.5. The van der Waals surface area contributed by atoms with Crippen molar-refractivity contribution in [1.29, 1.82) is 0 Å². The Balaban J connectivity index is 1.54. The Morgan fingerprint density at radius 3 is 2.26 bits per heavy atom. The van der Waals surface area contributed by atoms with E-state index < -0.39 is 0 Å². The molecular formula is C27H18N2OS. The van der Waals surface area contributed by atoms with E-state index in [0.717, 1.165) is 32.3 Å². The van der Waals surface area contributed by atoms with Gasteiger partial charge in [0, 0.05) is 10.9 Å². The number of hydrogen-bond acceptors (Lipinski definition) is 3. The molecule has 3 nitrogen and oxygen atoms in total. The van der Waals surface area contributed by atoms with Gasteiger partial charge in [0.25, 0.3) is 5.56 Å². The maximum Gasteiger partial charge on any atom is 0.263 e. The minimum Gasteiger partial charge on any atom is -0.294 e. The Kier molecular flexibility index (Phi) is 4.18. The van der Waals surface area contributed by atoms with Crippen LogP contribution in [0.2, 0.25) is 0 Å². The second-order valence-corrected chi connectivity index (χ2v) is 8.53. The SMILES string of the molecule is O=c1c2c(-c3cccc4ccccc34)csc2ncn1Cc1cccc2ccccc12. The van der Waals surface area contributed by atoms with Gasteiger partial charge >= 0.3 is 0 Å². The summed E-state index contributed by atoms with van der Waals surface area (Å²) < 4.78 is 1.73. The van der Waals surface area contributed by atoms with Crippen molar-refractivity contribution in [3.63, 3.8) is 0 Å². The second-order valence-electron chi connectivity index (χ2n) is 7.67. The Hall–Kier alpha value is -3.76. The van der Waals surface area contributed by atoms with Crippen molar-refractivity contribution in [2.45, 2.75) is 6.54 Å². The van der Waals surface area contributed by atoms with Crippen LogP contribution >= 0.6 is 11.3 Å². The lowest BCUT2D eigenvalue weighted by Crippen LogP contribution is -2.21. The molecule has 0 atom stereocenters. The Morgan fingerprint density at radius 2 is 1.42 bits per heavy atom. The molecule has 0 fully saturated rings. The average Bonchev–Trinajstić information content (AvgIpc) is 3.25. The van der Waals surface area contributed by atoms with Crippen LogP contribution in [0.15, 0.2) is 101 Å². The fourth-order valence-corrected chi connectivity index (χ4v) is 5.25. The van der Waals surface area contributed by atoms with Gasteiger partial charge in [-0.25, -0.2) is 4.98 Å². The summed E-state index contributed by atoms with van der Waals surface area (Å²) in [6.07, 6.45) is 1.68. The van der Waals surface area contributed by atoms with E-state index in [0.29, 0.717) is 11.9 Å². The highest BCUT2D eigenvalue weighted by atomic mass is 32.1. The van der Waals surface area contributed by atoms with Gasteiger partial charge in [0.1, 0.15) is 4.83 Å². The van der Waals surface area contributed by atoms with Crippen LogP contribution < -0.4 is 5.56 Å². The van der Waals surface area contributed by atoms with Crippen LogP contribution in [0.4, 0.5) is 0 Å². The van der Waals surface area contributed by atoms with E-state index in [-0.39, 0.29) is 5.56 Å². The highest BCUT2D eigenvalue weighted by Gasteiger charge is 2.15.